The Morgan fingerprint density at radius 3 is 2.07 bits per heavy atom. The average Bonchev–Trinajstić information content (AvgIpc) is 2.70. The van der Waals surface area contributed by atoms with E-state index in [-0.39, 0.29) is 12.0 Å². The second kappa shape index (κ2) is 11.5. The Hall–Kier alpha value is -2.16. The van der Waals surface area contributed by atoms with Crippen LogP contribution in [0.15, 0.2) is 54.4 Å². The van der Waals surface area contributed by atoms with Crippen LogP contribution >= 0.6 is 0 Å². The maximum absolute atomic E-state index is 13.9. The van der Waals surface area contributed by atoms with E-state index in [2.05, 4.69) is 31.2 Å². The molecule has 146 valence electrons. The first-order chi connectivity index (χ1) is 13.1. The lowest BCUT2D eigenvalue weighted by atomic mass is 10.0. The van der Waals surface area contributed by atoms with E-state index in [1.54, 1.807) is 24.3 Å². The largest absolute Gasteiger partial charge is 0.489 e. The Morgan fingerprint density at radius 1 is 0.778 bits per heavy atom. The molecule has 2 aromatic rings. The molecule has 0 radical (unpaired) electrons. The van der Waals surface area contributed by atoms with Crippen molar-refractivity contribution in [3.05, 3.63) is 71.0 Å². The van der Waals surface area contributed by atoms with Gasteiger partial charge in [0.05, 0.1) is 0 Å². The molecule has 0 unspecified atom stereocenters. The van der Waals surface area contributed by atoms with Crippen molar-refractivity contribution in [1.29, 1.82) is 0 Å². The minimum Gasteiger partial charge on any atom is -0.489 e. The molecule has 27 heavy (non-hydrogen) atoms. The smallest absolute Gasteiger partial charge is 0.161 e. The highest BCUT2D eigenvalue weighted by molar-refractivity contribution is 5.61. The average molecular weight is 372 g/mol. The van der Waals surface area contributed by atoms with Crippen LogP contribution in [0.1, 0.15) is 69.1 Å². The molecule has 0 saturated heterocycles. The zero-order chi connectivity index (χ0) is 19.5. The second-order valence-corrected chi connectivity index (χ2v) is 6.91. The van der Waals surface area contributed by atoms with Gasteiger partial charge < -0.3 is 4.74 Å². The van der Waals surface area contributed by atoms with E-state index in [0.29, 0.717) is 18.8 Å². The summed E-state index contributed by atoms with van der Waals surface area (Å²) >= 11 is 0. The Morgan fingerprint density at radius 2 is 1.44 bits per heavy atom. The van der Waals surface area contributed by atoms with Gasteiger partial charge >= 0.3 is 0 Å². The first-order valence-electron chi connectivity index (χ1n) is 9.99. The van der Waals surface area contributed by atoms with Crippen LogP contribution in [0.4, 0.5) is 8.78 Å². The van der Waals surface area contributed by atoms with Gasteiger partial charge in [0.25, 0.3) is 0 Å². The number of benzene rings is 2. The van der Waals surface area contributed by atoms with Gasteiger partial charge in [0, 0.05) is 12.0 Å². The van der Waals surface area contributed by atoms with E-state index < -0.39 is 11.7 Å². The normalized spacial score (nSPS) is 12.0. The molecule has 0 N–H and O–H groups in total. The van der Waals surface area contributed by atoms with E-state index in [1.165, 1.54) is 31.2 Å². The molecule has 0 aromatic heterocycles. The molecule has 0 saturated carbocycles. The molecule has 0 fully saturated rings. The van der Waals surface area contributed by atoms with Crippen LogP contribution in [-0.2, 0) is 13.0 Å². The Balaban J connectivity index is 1.85. The lowest BCUT2D eigenvalue weighted by Gasteiger charge is -2.08. The van der Waals surface area contributed by atoms with Gasteiger partial charge in [0.2, 0.25) is 0 Å². The molecule has 0 atom stereocenters. The zero-order valence-electron chi connectivity index (χ0n) is 16.4. The summed E-state index contributed by atoms with van der Waals surface area (Å²) < 4.78 is 33.3. The van der Waals surface area contributed by atoms with Crippen molar-refractivity contribution in [2.75, 3.05) is 0 Å². The lowest BCUT2D eigenvalue weighted by molar-refractivity contribution is 0.306. The van der Waals surface area contributed by atoms with Gasteiger partial charge in [0.15, 0.2) is 5.83 Å². The van der Waals surface area contributed by atoms with Crippen molar-refractivity contribution < 1.29 is 13.5 Å². The molecule has 0 bridgehead atoms. The fraction of sp³-hybridized carbons (Fsp3) is 0.417. The third-order valence-electron chi connectivity index (χ3n) is 4.56. The number of rotatable bonds is 11. The van der Waals surface area contributed by atoms with Crippen molar-refractivity contribution in [2.24, 2.45) is 0 Å². The predicted molar refractivity (Wildman–Crippen MR) is 109 cm³/mol. The Kier molecular flexibility index (Phi) is 9.03. The molecular formula is C24H30F2O. The molecule has 0 aliphatic heterocycles. The third-order valence-corrected chi connectivity index (χ3v) is 4.56. The summed E-state index contributed by atoms with van der Waals surface area (Å²) in [6, 6.07) is 15.0. The first kappa shape index (κ1) is 21.1. The first-order valence-corrected chi connectivity index (χ1v) is 9.99. The van der Waals surface area contributed by atoms with Gasteiger partial charge in [-0.15, -0.1) is 0 Å². The quantitative estimate of drug-likeness (QED) is 0.366. The topological polar surface area (TPSA) is 9.23 Å². The maximum atomic E-state index is 13.9. The van der Waals surface area contributed by atoms with E-state index in [1.807, 2.05) is 6.92 Å². The van der Waals surface area contributed by atoms with Gasteiger partial charge in [-0.25, -0.2) is 8.78 Å². The van der Waals surface area contributed by atoms with Crippen LogP contribution in [0.5, 0.6) is 5.75 Å². The second-order valence-electron chi connectivity index (χ2n) is 6.91. The summed E-state index contributed by atoms with van der Waals surface area (Å²) in [4.78, 5) is 0. The number of unbranched alkanes of at least 4 members (excludes halogenated alkanes) is 3. The summed E-state index contributed by atoms with van der Waals surface area (Å²) in [6.07, 6.45) is 6.91. The van der Waals surface area contributed by atoms with Crippen molar-refractivity contribution in [3.8, 4) is 5.75 Å². The van der Waals surface area contributed by atoms with Crippen molar-refractivity contribution >= 4 is 5.83 Å². The Bertz CT molecular complexity index is 702. The molecule has 2 aromatic carbocycles. The van der Waals surface area contributed by atoms with Crippen LogP contribution in [0, 0.1) is 0 Å². The van der Waals surface area contributed by atoms with Crippen LogP contribution in [0.25, 0.3) is 5.83 Å². The lowest BCUT2D eigenvalue weighted by Crippen LogP contribution is -1.96. The van der Waals surface area contributed by atoms with Gasteiger partial charge in [-0.05, 0) is 54.7 Å². The molecule has 0 amide bonds. The predicted octanol–water partition coefficient (Wildman–Crippen LogP) is 7.80. The molecule has 3 heteroatoms. The summed E-state index contributed by atoms with van der Waals surface area (Å²) in [5.74, 6) is -0.829. The van der Waals surface area contributed by atoms with Gasteiger partial charge in [-0.2, -0.15) is 0 Å². The fourth-order valence-electron chi connectivity index (χ4n) is 2.91. The molecular weight excluding hydrogens is 342 g/mol. The zero-order valence-corrected chi connectivity index (χ0v) is 16.4. The van der Waals surface area contributed by atoms with E-state index >= 15 is 0 Å². The fourth-order valence-corrected chi connectivity index (χ4v) is 2.91. The minimum atomic E-state index is -0.780. The van der Waals surface area contributed by atoms with Gasteiger partial charge in [0.1, 0.15) is 18.2 Å². The monoisotopic (exact) mass is 372 g/mol. The molecule has 0 spiro atoms. The maximum Gasteiger partial charge on any atom is 0.161 e. The minimum absolute atomic E-state index is 0.124. The van der Waals surface area contributed by atoms with E-state index in [0.717, 1.165) is 12.0 Å². The highest BCUT2D eigenvalue weighted by Crippen LogP contribution is 2.26. The molecule has 0 aliphatic carbocycles. The SMILES string of the molecule is CCCCCCc1ccc(COc2ccc(/C(F)=C(/F)CCC)cc2)cc1. The summed E-state index contributed by atoms with van der Waals surface area (Å²) in [6.45, 7) is 4.50. The van der Waals surface area contributed by atoms with Gasteiger partial charge in [-0.3, -0.25) is 0 Å². The highest BCUT2D eigenvalue weighted by Gasteiger charge is 2.08. The van der Waals surface area contributed by atoms with Crippen LogP contribution in [0.3, 0.4) is 0 Å². The number of allylic oxidation sites excluding steroid dienone is 1. The van der Waals surface area contributed by atoms with Crippen LogP contribution in [-0.4, -0.2) is 0 Å². The number of hydrogen-bond donors (Lipinski definition) is 0. The molecule has 0 aliphatic rings. The number of hydrogen-bond acceptors (Lipinski definition) is 1. The highest BCUT2D eigenvalue weighted by atomic mass is 19.2. The van der Waals surface area contributed by atoms with Crippen LogP contribution < -0.4 is 4.74 Å². The molecule has 2 rings (SSSR count). The third kappa shape index (κ3) is 7.16. The van der Waals surface area contributed by atoms with E-state index in [9.17, 15) is 8.78 Å². The van der Waals surface area contributed by atoms with E-state index in [4.69, 9.17) is 4.74 Å². The summed E-state index contributed by atoms with van der Waals surface area (Å²) in [5.41, 5.74) is 2.70. The molecule has 0 heterocycles. The standard InChI is InChI=1S/C24H30F2O/c1-3-5-6-7-9-19-10-12-20(13-11-19)18-27-22-16-14-21(15-17-22)24(26)23(25)8-4-2/h10-17H,3-9,18H2,1-2H3/b24-23-. The number of aryl methyl sites for hydroxylation is 1. The van der Waals surface area contributed by atoms with Crippen LogP contribution in [0.2, 0.25) is 0 Å². The van der Waals surface area contributed by atoms with Crippen molar-refractivity contribution in [3.63, 3.8) is 0 Å². The van der Waals surface area contributed by atoms with Crippen molar-refractivity contribution in [1.82, 2.24) is 0 Å². The number of ether oxygens (including phenoxy) is 1. The van der Waals surface area contributed by atoms with Gasteiger partial charge in [-0.1, -0.05) is 57.4 Å². The van der Waals surface area contributed by atoms with Crippen molar-refractivity contribution in [2.45, 2.75) is 65.4 Å². The Labute approximate surface area is 162 Å². The molecule has 1 nitrogen and oxygen atoms in total. The summed E-state index contributed by atoms with van der Waals surface area (Å²) in [7, 11) is 0. The number of halogens is 2. The summed E-state index contributed by atoms with van der Waals surface area (Å²) in [5, 5.41) is 0.